The number of hydrogen-bond acceptors (Lipinski definition) is 2. The second kappa shape index (κ2) is 6.74. The van der Waals surface area contributed by atoms with E-state index in [1.807, 2.05) is 6.92 Å². The van der Waals surface area contributed by atoms with Gasteiger partial charge in [0, 0.05) is 6.54 Å². The van der Waals surface area contributed by atoms with E-state index in [4.69, 9.17) is 0 Å². The fourth-order valence-electron chi connectivity index (χ4n) is 2.81. The minimum absolute atomic E-state index is 0.0489. The molecule has 1 unspecified atom stereocenters. The molecule has 3 heteroatoms. The van der Waals surface area contributed by atoms with Crippen molar-refractivity contribution in [1.29, 1.82) is 0 Å². The average molecular weight is 266 g/mol. The predicted octanol–water partition coefficient (Wildman–Crippen LogP) is 2.56. The number of hydrogen-bond donors (Lipinski definition) is 2. The Labute approximate surface area is 117 Å². The first-order valence-corrected chi connectivity index (χ1v) is 8.09. The SMILES string of the molecule is CC(C)CCNC(=O)C(C)NCC(C1CC1)C1CC1. The smallest absolute Gasteiger partial charge is 0.236 e. The lowest BCUT2D eigenvalue weighted by Gasteiger charge is -2.20. The molecule has 1 atom stereocenters. The van der Waals surface area contributed by atoms with Gasteiger partial charge in [-0.05, 0) is 69.2 Å². The van der Waals surface area contributed by atoms with E-state index in [1.165, 1.54) is 25.7 Å². The number of carbonyl (C=O) groups is 1. The topological polar surface area (TPSA) is 41.1 Å². The molecule has 2 saturated carbocycles. The zero-order chi connectivity index (χ0) is 13.8. The molecule has 0 bridgehead atoms. The maximum atomic E-state index is 11.9. The molecular weight excluding hydrogens is 236 g/mol. The van der Waals surface area contributed by atoms with Crippen molar-refractivity contribution in [3.8, 4) is 0 Å². The molecule has 0 radical (unpaired) electrons. The molecule has 0 aliphatic heterocycles. The highest BCUT2D eigenvalue weighted by atomic mass is 16.2. The minimum atomic E-state index is -0.0489. The molecule has 0 aromatic heterocycles. The summed E-state index contributed by atoms with van der Waals surface area (Å²) in [6.45, 7) is 8.19. The second-order valence-corrected chi connectivity index (χ2v) is 6.94. The van der Waals surface area contributed by atoms with Crippen LogP contribution in [0, 0.1) is 23.7 Å². The van der Waals surface area contributed by atoms with E-state index in [0.29, 0.717) is 5.92 Å². The summed E-state index contributed by atoms with van der Waals surface area (Å²) in [5, 5.41) is 6.48. The summed E-state index contributed by atoms with van der Waals surface area (Å²) in [5.41, 5.74) is 0. The highest BCUT2D eigenvalue weighted by Crippen LogP contribution is 2.48. The van der Waals surface area contributed by atoms with Crippen molar-refractivity contribution in [3.05, 3.63) is 0 Å². The first kappa shape index (κ1) is 14.8. The largest absolute Gasteiger partial charge is 0.355 e. The van der Waals surface area contributed by atoms with Gasteiger partial charge in [-0.25, -0.2) is 0 Å². The van der Waals surface area contributed by atoms with Crippen LogP contribution in [0.15, 0.2) is 0 Å². The Morgan fingerprint density at radius 1 is 1.11 bits per heavy atom. The molecule has 0 aromatic carbocycles. The molecule has 2 N–H and O–H groups in total. The van der Waals surface area contributed by atoms with Gasteiger partial charge >= 0.3 is 0 Å². The second-order valence-electron chi connectivity index (χ2n) is 6.94. The van der Waals surface area contributed by atoms with Crippen LogP contribution >= 0.6 is 0 Å². The normalized spacial score (nSPS) is 20.9. The van der Waals surface area contributed by atoms with Crippen LogP contribution in [-0.4, -0.2) is 25.0 Å². The fourth-order valence-corrected chi connectivity index (χ4v) is 2.81. The highest BCUT2D eigenvalue weighted by Gasteiger charge is 2.41. The number of nitrogens with one attached hydrogen (secondary N) is 2. The molecule has 1 amide bonds. The molecule has 0 aromatic rings. The van der Waals surface area contributed by atoms with Gasteiger partial charge in [0.15, 0.2) is 0 Å². The summed E-state index contributed by atoms with van der Waals surface area (Å²) in [4.78, 5) is 11.9. The van der Waals surface area contributed by atoms with Crippen LogP contribution in [0.1, 0.15) is 52.9 Å². The highest BCUT2D eigenvalue weighted by molar-refractivity contribution is 5.81. The molecule has 3 nitrogen and oxygen atoms in total. The summed E-state index contributed by atoms with van der Waals surface area (Å²) < 4.78 is 0. The predicted molar refractivity (Wildman–Crippen MR) is 78.9 cm³/mol. The van der Waals surface area contributed by atoms with E-state index in [2.05, 4.69) is 24.5 Å². The van der Waals surface area contributed by atoms with Crippen molar-refractivity contribution in [2.75, 3.05) is 13.1 Å². The van der Waals surface area contributed by atoms with Crippen LogP contribution < -0.4 is 10.6 Å². The Kier molecular flexibility index (Phi) is 5.26. The molecule has 110 valence electrons. The average Bonchev–Trinajstić information content (AvgIpc) is 3.22. The van der Waals surface area contributed by atoms with Gasteiger partial charge in [0.05, 0.1) is 6.04 Å². The summed E-state index contributed by atoms with van der Waals surface area (Å²) in [6.07, 6.45) is 6.72. The Bertz CT molecular complexity index is 283. The Morgan fingerprint density at radius 3 is 2.16 bits per heavy atom. The van der Waals surface area contributed by atoms with Crippen LogP contribution in [-0.2, 0) is 4.79 Å². The molecule has 2 fully saturated rings. The lowest BCUT2D eigenvalue weighted by molar-refractivity contribution is -0.122. The number of rotatable bonds is 9. The van der Waals surface area contributed by atoms with E-state index in [1.54, 1.807) is 0 Å². The first-order valence-electron chi connectivity index (χ1n) is 8.09. The van der Waals surface area contributed by atoms with Gasteiger partial charge in [-0.15, -0.1) is 0 Å². The molecule has 0 spiro atoms. The van der Waals surface area contributed by atoms with Crippen LogP contribution in [0.25, 0.3) is 0 Å². The van der Waals surface area contributed by atoms with Crippen LogP contribution in [0.2, 0.25) is 0 Å². The summed E-state index contributed by atoms with van der Waals surface area (Å²) >= 11 is 0. The standard InChI is InChI=1S/C16H30N2O/c1-11(2)8-9-17-16(19)12(3)18-10-15(13-4-5-13)14-6-7-14/h11-15,18H,4-10H2,1-3H3,(H,17,19). The summed E-state index contributed by atoms with van der Waals surface area (Å²) in [6, 6.07) is -0.0489. The van der Waals surface area contributed by atoms with Crippen molar-refractivity contribution >= 4 is 5.91 Å². The molecule has 2 rings (SSSR count). The van der Waals surface area contributed by atoms with Crippen molar-refractivity contribution < 1.29 is 4.79 Å². The summed E-state index contributed by atoms with van der Waals surface area (Å²) in [7, 11) is 0. The Morgan fingerprint density at radius 2 is 1.68 bits per heavy atom. The molecule has 2 aliphatic carbocycles. The lowest BCUT2D eigenvalue weighted by Crippen LogP contribution is -2.44. The van der Waals surface area contributed by atoms with Crippen molar-refractivity contribution in [3.63, 3.8) is 0 Å². The number of carbonyl (C=O) groups excluding carboxylic acids is 1. The molecule has 0 heterocycles. The van der Waals surface area contributed by atoms with Crippen LogP contribution in [0.4, 0.5) is 0 Å². The van der Waals surface area contributed by atoms with Gasteiger partial charge in [0.25, 0.3) is 0 Å². The van der Waals surface area contributed by atoms with E-state index >= 15 is 0 Å². The molecule has 19 heavy (non-hydrogen) atoms. The van der Waals surface area contributed by atoms with E-state index < -0.39 is 0 Å². The van der Waals surface area contributed by atoms with Crippen molar-refractivity contribution in [1.82, 2.24) is 10.6 Å². The van der Waals surface area contributed by atoms with E-state index in [0.717, 1.165) is 37.3 Å². The zero-order valence-corrected chi connectivity index (χ0v) is 12.7. The van der Waals surface area contributed by atoms with Crippen LogP contribution in [0.3, 0.4) is 0 Å². The van der Waals surface area contributed by atoms with Crippen LogP contribution in [0.5, 0.6) is 0 Å². The van der Waals surface area contributed by atoms with Gasteiger partial charge in [-0.2, -0.15) is 0 Å². The monoisotopic (exact) mass is 266 g/mol. The third-order valence-corrected chi connectivity index (χ3v) is 4.53. The quantitative estimate of drug-likeness (QED) is 0.673. The lowest BCUT2D eigenvalue weighted by atomic mass is 9.97. The third kappa shape index (κ3) is 5.13. The maximum Gasteiger partial charge on any atom is 0.236 e. The van der Waals surface area contributed by atoms with Gasteiger partial charge < -0.3 is 10.6 Å². The van der Waals surface area contributed by atoms with Gasteiger partial charge in [0.2, 0.25) is 5.91 Å². The minimum Gasteiger partial charge on any atom is -0.355 e. The maximum absolute atomic E-state index is 11.9. The first-order chi connectivity index (χ1) is 9.08. The molecule has 2 aliphatic rings. The fraction of sp³-hybridized carbons (Fsp3) is 0.938. The molecule has 0 saturated heterocycles. The molecular formula is C16H30N2O. The van der Waals surface area contributed by atoms with Gasteiger partial charge in [0.1, 0.15) is 0 Å². The Balaban J connectivity index is 1.62. The number of amides is 1. The van der Waals surface area contributed by atoms with E-state index in [9.17, 15) is 4.79 Å². The van der Waals surface area contributed by atoms with Crippen molar-refractivity contribution in [2.24, 2.45) is 23.7 Å². The van der Waals surface area contributed by atoms with E-state index in [-0.39, 0.29) is 11.9 Å². The summed E-state index contributed by atoms with van der Waals surface area (Å²) in [5.74, 6) is 3.56. The van der Waals surface area contributed by atoms with Crippen molar-refractivity contribution in [2.45, 2.75) is 58.9 Å². The third-order valence-electron chi connectivity index (χ3n) is 4.53. The zero-order valence-electron chi connectivity index (χ0n) is 12.7. The Hall–Kier alpha value is -0.570. The van der Waals surface area contributed by atoms with Gasteiger partial charge in [-0.1, -0.05) is 13.8 Å². The van der Waals surface area contributed by atoms with Gasteiger partial charge in [-0.3, -0.25) is 4.79 Å².